The minimum atomic E-state index is 0.632. The van der Waals surface area contributed by atoms with Crippen LogP contribution in [-0.2, 0) is 13.0 Å². The number of rotatable bonds is 4. The molecule has 0 amide bonds. The molecule has 0 aliphatic carbocycles. The van der Waals surface area contributed by atoms with Gasteiger partial charge in [-0.2, -0.15) is 12.6 Å². The van der Waals surface area contributed by atoms with Crippen molar-refractivity contribution < 1.29 is 0 Å². The van der Waals surface area contributed by atoms with Crippen LogP contribution in [0.4, 0.5) is 0 Å². The molecule has 1 aromatic heterocycles. The van der Waals surface area contributed by atoms with Gasteiger partial charge in [0.25, 0.3) is 0 Å². The van der Waals surface area contributed by atoms with Crippen LogP contribution < -0.4 is 0 Å². The van der Waals surface area contributed by atoms with E-state index in [1.165, 1.54) is 25.1 Å². The molecule has 1 aliphatic heterocycles. The topological polar surface area (TPSA) is 30.7 Å². The van der Waals surface area contributed by atoms with Gasteiger partial charge in [-0.05, 0) is 24.5 Å². The molecular weight excluding hydrogens is 238 g/mol. The van der Waals surface area contributed by atoms with Gasteiger partial charge >= 0.3 is 0 Å². The fraction of sp³-hybridized carbons (Fsp3) is 0.818. The fourth-order valence-corrected chi connectivity index (χ4v) is 3.14. The highest BCUT2D eigenvalue weighted by atomic mass is 32.2. The van der Waals surface area contributed by atoms with Gasteiger partial charge in [0.05, 0.1) is 0 Å². The summed E-state index contributed by atoms with van der Waals surface area (Å²) in [5.74, 6) is 3.83. The molecule has 0 saturated heterocycles. The molecule has 5 heteroatoms. The van der Waals surface area contributed by atoms with E-state index >= 15 is 0 Å². The van der Waals surface area contributed by atoms with Gasteiger partial charge in [-0.1, -0.05) is 25.1 Å². The van der Waals surface area contributed by atoms with E-state index in [0.717, 1.165) is 29.6 Å². The summed E-state index contributed by atoms with van der Waals surface area (Å²) in [6.45, 7) is 3.32. The lowest BCUT2D eigenvalue weighted by molar-refractivity contribution is 0.590. The summed E-state index contributed by atoms with van der Waals surface area (Å²) < 4.78 is 2.31. The Morgan fingerprint density at radius 1 is 1.38 bits per heavy atom. The van der Waals surface area contributed by atoms with E-state index in [1.54, 1.807) is 0 Å². The van der Waals surface area contributed by atoms with Crippen molar-refractivity contribution in [2.45, 2.75) is 44.3 Å². The second-order valence-electron chi connectivity index (χ2n) is 4.46. The van der Waals surface area contributed by atoms with E-state index in [-0.39, 0.29) is 0 Å². The van der Waals surface area contributed by atoms with Crippen LogP contribution in [0.5, 0.6) is 0 Å². The molecule has 1 unspecified atom stereocenters. The summed E-state index contributed by atoms with van der Waals surface area (Å²) in [5, 5.41) is 9.69. The van der Waals surface area contributed by atoms with Gasteiger partial charge in [0.2, 0.25) is 0 Å². The number of fused-ring (bicyclic) bond motifs is 1. The average molecular weight is 257 g/mol. The second-order valence-corrected chi connectivity index (χ2v) is 5.81. The Balaban J connectivity index is 2.01. The van der Waals surface area contributed by atoms with Crippen molar-refractivity contribution in [1.29, 1.82) is 0 Å². The molecule has 1 aromatic rings. The first kappa shape index (κ1) is 12.3. The zero-order valence-electron chi connectivity index (χ0n) is 9.72. The first-order chi connectivity index (χ1) is 7.81. The molecule has 2 rings (SSSR count). The summed E-state index contributed by atoms with van der Waals surface area (Å²) in [5.41, 5.74) is 0. The number of hydrogen-bond acceptors (Lipinski definition) is 4. The summed E-state index contributed by atoms with van der Waals surface area (Å²) in [6.07, 6.45) is 4.94. The second kappa shape index (κ2) is 5.96. The van der Waals surface area contributed by atoms with E-state index in [1.807, 2.05) is 11.8 Å². The maximum absolute atomic E-state index is 4.31. The van der Waals surface area contributed by atoms with Crippen LogP contribution in [0, 0.1) is 5.92 Å². The molecular formula is C11H19N3S2. The van der Waals surface area contributed by atoms with Crippen molar-refractivity contribution in [2.75, 3.05) is 11.5 Å². The smallest absolute Gasteiger partial charge is 0.191 e. The van der Waals surface area contributed by atoms with E-state index in [2.05, 4.69) is 34.3 Å². The van der Waals surface area contributed by atoms with Gasteiger partial charge in [-0.15, -0.1) is 10.2 Å². The Hall–Kier alpha value is -0.160. The SMILES string of the molecule is CC(CS)CSc1nnc2n1CCCCC2. The molecule has 3 nitrogen and oxygen atoms in total. The van der Waals surface area contributed by atoms with Gasteiger partial charge in [0.1, 0.15) is 5.82 Å². The average Bonchev–Trinajstić information content (AvgIpc) is 2.54. The maximum atomic E-state index is 4.31. The highest BCUT2D eigenvalue weighted by Gasteiger charge is 2.15. The minimum absolute atomic E-state index is 0.632. The van der Waals surface area contributed by atoms with E-state index in [4.69, 9.17) is 0 Å². The highest BCUT2D eigenvalue weighted by Crippen LogP contribution is 2.23. The van der Waals surface area contributed by atoms with Crippen molar-refractivity contribution in [3.05, 3.63) is 5.82 Å². The monoisotopic (exact) mass is 257 g/mol. The third-order valence-electron chi connectivity index (χ3n) is 2.88. The normalized spacial score (nSPS) is 17.9. The number of thiol groups is 1. The highest BCUT2D eigenvalue weighted by molar-refractivity contribution is 7.99. The number of aryl methyl sites for hydroxylation is 1. The van der Waals surface area contributed by atoms with Crippen molar-refractivity contribution in [3.63, 3.8) is 0 Å². The molecule has 0 saturated carbocycles. The van der Waals surface area contributed by atoms with Crippen LogP contribution in [0.25, 0.3) is 0 Å². The molecule has 1 aliphatic rings. The largest absolute Gasteiger partial charge is 0.306 e. The van der Waals surface area contributed by atoms with E-state index < -0.39 is 0 Å². The standard InChI is InChI=1S/C11H19N3S2/c1-9(7-15)8-16-11-13-12-10-5-3-2-4-6-14(10)11/h9,15H,2-8H2,1H3. The third-order valence-corrected chi connectivity index (χ3v) is 4.80. The summed E-state index contributed by atoms with van der Waals surface area (Å²) in [7, 11) is 0. The molecule has 0 N–H and O–H groups in total. The molecule has 1 atom stereocenters. The lowest BCUT2D eigenvalue weighted by atomic mass is 10.2. The van der Waals surface area contributed by atoms with Crippen molar-refractivity contribution in [2.24, 2.45) is 5.92 Å². The zero-order valence-corrected chi connectivity index (χ0v) is 11.4. The Labute approximate surface area is 107 Å². The molecule has 0 bridgehead atoms. The summed E-state index contributed by atoms with van der Waals surface area (Å²) in [4.78, 5) is 0. The molecule has 90 valence electrons. The molecule has 0 radical (unpaired) electrons. The minimum Gasteiger partial charge on any atom is -0.306 e. The molecule has 0 spiro atoms. The van der Waals surface area contributed by atoms with Crippen LogP contribution in [0.2, 0.25) is 0 Å². The predicted octanol–water partition coefficient (Wildman–Crippen LogP) is 2.66. The lowest BCUT2D eigenvalue weighted by Crippen LogP contribution is -2.05. The van der Waals surface area contributed by atoms with Crippen LogP contribution in [-0.4, -0.2) is 26.3 Å². The number of aromatic nitrogens is 3. The Bertz CT molecular complexity index is 338. The van der Waals surface area contributed by atoms with Crippen molar-refractivity contribution in [3.8, 4) is 0 Å². The van der Waals surface area contributed by atoms with Gasteiger partial charge < -0.3 is 4.57 Å². The van der Waals surface area contributed by atoms with Crippen LogP contribution in [0.1, 0.15) is 32.0 Å². The van der Waals surface area contributed by atoms with Gasteiger partial charge in [-0.3, -0.25) is 0 Å². The van der Waals surface area contributed by atoms with Crippen molar-refractivity contribution >= 4 is 24.4 Å². The Morgan fingerprint density at radius 3 is 3.06 bits per heavy atom. The van der Waals surface area contributed by atoms with Crippen molar-refractivity contribution in [1.82, 2.24) is 14.8 Å². The lowest BCUT2D eigenvalue weighted by Gasteiger charge is -2.08. The Kier molecular flexibility index (Phi) is 4.58. The summed E-state index contributed by atoms with van der Waals surface area (Å²) >= 11 is 6.13. The summed E-state index contributed by atoms with van der Waals surface area (Å²) in [6, 6.07) is 0. The predicted molar refractivity (Wildman–Crippen MR) is 71.3 cm³/mol. The molecule has 0 fully saturated rings. The van der Waals surface area contributed by atoms with Crippen LogP contribution in [0.3, 0.4) is 0 Å². The van der Waals surface area contributed by atoms with Crippen LogP contribution in [0.15, 0.2) is 5.16 Å². The zero-order chi connectivity index (χ0) is 11.4. The van der Waals surface area contributed by atoms with Gasteiger partial charge in [-0.25, -0.2) is 0 Å². The first-order valence-corrected chi connectivity index (χ1v) is 7.59. The third kappa shape index (κ3) is 2.94. The van der Waals surface area contributed by atoms with Gasteiger partial charge in [0, 0.05) is 18.7 Å². The first-order valence-electron chi connectivity index (χ1n) is 5.97. The maximum Gasteiger partial charge on any atom is 0.191 e. The van der Waals surface area contributed by atoms with Crippen LogP contribution >= 0.6 is 24.4 Å². The number of hydrogen-bond donors (Lipinski definition) is 1. The van der Waals surface area contributed by atoms with E-state index in [0.29, 0.717) is 5.92 Å². The fourth-order valence-electron chi connectivity index (χ4n) is 1.83. The molecule has 0 aromatic carbocycles. The quantitative estimate of drug-likeness (QED) is 0.664. The number of thioether (sulfide) groups is 1. The van der Waals surface area contributed by atoms with E-state index in [9.17, 15) is 0 Å². The van der Waals surface area contributed by atoms with Gasteiger partial charge in [0.15, 0.2) is 5.16 Å². The number of nitrogens with zero attached hydrogens (tertiary/aromatic N) is 3. The Morgan fingerprint density at radius 2 is 2.25 bits per heavy atom. The molecule has 2 heterocycles. The molecule has 16 heavy (non-hydrogen) atoms.